The standard InChI is InChI=1S/C9H12N2O4S/c1-3-16(13,14)5-4-9(12)10-8-6-15-11-7(8)2/h3,6H,1,4-5H2,2H3,(H,10,12). The molecule has 0 aromatic carbocycles. The molecule has 0 radical (unpaired) electrons. The Balaban J connectivity index is 2.50. The van der Waals surface area contributed by atoms with Crippen molar-refractivity contribution in [3.8, 4) is 0 Å². The van der Waals surface area contributed by atoms with Gasteiger partial charge >= 0.3 is 0 Å². The van der Waals surface area contributed by atoms with Gasteiger partial charge in [0.1, 0.15) is 17.6 Å². The summed E-state index contributed by atoms with van der Waals surface area (Å²) >= 11 is 0. The second-order valence-corrected chi connectivity index (χ2v) is 5.21. The highest BCUT2D eigenvalue weighted by molar-refractivity contribution is 7.94. The monoisotopic (exact) mass is 244 g/mol. The van der Waals surface area contributed by atoms with Crippen molar-refractivity contribution in [2.75, 3.05) is 11.1 Å². The van der Waals surface area contributed by atoms with Crippen molar-refractivity contribution in [3.05, 3.63) is 23.9 Å². The largest absolute Gasteiger partial charge is 0.362 e. The molecular formula is C9H12N2O4S. The highest BCUT2D eigenvalue weighted by Crippen LogP contribution is 2.11. The summed E-state index contributed by atoms with van der Waals surface area (Å²) in [5, 5.41) is 6.90. The lowest BCUT2D eigenvalue weighted by atomic mass is 10.3. The molecule has 1 rings (SSSR count). The van der Waals surface area contributed by atoms with E-state index < -0.39 is 15.7 Å². The van der Waals surface area contributed by atoms with Gasteiger partial charge in [-0.15, -0.1) is 0 Å². The van der Waals surface area contributed by atoms with Gasteiger partial charge in [0.15, 0.2) is 9.84 Å². The highest BCUT2D eigenvalue weighted by atomic mass is 32.2. The number of nitrogens with one attached hydrogen (secondary N) is 1. The van der Waals surface area contributed by atoms with Crippen LogP contribution in [0.3, 0.4) is 0 Å². The second kappa shape index (κ2) is 4.93. The summed E-state index contributed by atoms with van der Waals surface area (Å²) in [5.41, 5.74) is 0.987. The Morgan fingerprint density at radius 1 is 1.69 bits per heavy atom. The van der Waals surface area contributed by atoms with Gasteiger partial charge in [0.05, 0.1) is 5.75 Å². The molecular weight excluding hydrogens is 232 g/mol. The first-order valence-electron chi connectivity index (χ1n) is 4.50. The maximum Gasteiger partial charge on any atom is 0.225 e. The number of hydrogen-bond donors (Lipinski definition) is 1. The number of rotatable bonds is 5. The van der Waals surface area contributed by atoms with Crippen molar-refractivity contribution in [2.45, 2.75) is 13.3 Å². The van der Waals surface area contributed by atoms with E-state index in [1.807, 2.05) is 0 Å². The lowest BCUT2D eigenvalue weighted by molar-refractivity contribution is -0.115. The zero-order chi connectivity index (χ0) is 12.2. The van der Waals surface area contributed by atoms with Crippen LogP contribution in [0.25, 0.3) is 0 Å². The van der Waals surface area contributed by atoms with E-state index in [0.29, 0.717) is 11.4 Å². The molecule has 0 aliphatic heterocycles. The van der Waals surface area contributed by atoms with Crippen LogP contribution in [0.1, 0.15) is 12.1 Å². The van der Waals surface area contributed by atoms with Gasteiger partial charge in [-0.25, -0.2) is 8.42 Å². The maximum absolute atomic E-state index is 11.3. The smallest absolute Gasteiger partial charge is 0.225 e. The van der Waals surface area contributed by atoms with Crippen molar-refractivity contribution < 1.29 is 17.7 Å². The van der Waals surface area contributed by atoms with E-state index in [0.717, 1.165) is 5.41 Å². The molecule has 88 valence electrons. The molecule has 0 bridgehead atoms. The van der Waals surface area contributed by atoms with Crippen LogP contribution < -0.4 is 5.32 Å². The number of hydrogen-bond acceptors (Lipinski definition) is 5. The van der Waals surface area contributed by atoms with Gasteiger partial charge in [0, 0.05) is 11.8 Å². The predicted octanol–water partition coefficient (Wildman–Crippen LogP) is 0.870. The Morgan fingerprint density at radius 3 is 2.88 bits per heavy atom. The molecule has 16 heavy (non-hydrogen) atoms. The molecule has 0 atom stereocenters. The third-order valence-electron chi connectivity index (χ3n) is 1.89. The van der Waals surface area contributed by atoms with E-state index in [2.05, 4.69) is 21.6 Å². The Kier molecular flexibility index (Phi) is 3.83. The molecule has 1 amide bonds. The summed E-state index contributed by atoms with van der Waals surface area (Å²) in [6.07, 6.45) is 1.16. The molecule has 0 spiro atoms. The predicted molar refractivity (Wildman–Crippen MR) is 58.5 cm³/mol. The highest BCUT2D eigenvalue weighted by Gasteiger charge is 2.11. The van der Waals surface area contributed by atoms with Crippen molar-refractivity contribution in [1.82, 2.24) is 5.16 Å². The topological polar surface area (TPSA) is 89.3 Å². The van der Waals surface area contributed by atoms with E-state index in [9.17, 15) is 13.2 Å². The zero-order valence-corrected chi connectivity index (χ0v) is 9.58. The molecule has 0 fully saturated rings. The van der Waals surface area contributed by atoms with E-state index >= 15 is 0 Å². The minimum absolute atomic E-state index is 0.126. The van der Waals surface area contributed by atoms with Crippen LogP contribution >= 0.6 is 0 Å². The number of carbonyl (C=O) groups is 1. The fourth-order valence-corrected chi connectivity index (χ4v) is 1.58. The van der Waals surface area contributed by atoms with Gasteiger partial charge < -0.3 is 9.84 Å². The molecule has 1 aromatic rings. The van der Waals surface area contributed by atoms with Crippen LogP contribution in [0, 0.1) is 6.92 Å². The Morgan fingerprint density at radius 2 is 2.38 bits per heavy atom. The van der Waals surface area contributed by atoms with Gasteiger partial charge in [0.25, 0.3) is 0 Å². The third-order valence-corrected chi connectivity index (χ3v) is 3.17. The van der Waals surface area contributed by atoms with E-state index in [4.69, 9.17) is 0 Å². The third kappa shape index (κ3) is 3.50. The van der Waals surface area contributed by atoms with Gasteiger partial charge in [0.2, 0.25) is 5.91 Å². The minimum atomic E-state index is -3.34. The lowest BCUT2D eigenvalue weighted by Crippen LogP contribution is -2.16. The number of aromatic nitrogens is 1. The fraction of sp³-hybridized carbons (Fsp3) is 0.333. The van der Waals surface area contributed by atoms with Gasteiger partial charge in [-0.1, -0.05) is 11.7 Å². The van der Waals surface area contributed by atoms with E-state index in [-0.39, 0.29) is 12.2 Å². The normalized spacial score (nSPS) is 11.1. The van der Waals surface area contributed by atoms with Crippen molar-refractivity contribution in [3.63, 3.8) is 0 Å². The van der Waals surface area contributed by atoms with Crippen LogP contribution in [0.5, 0.6) is 0 Å². The molecule has 0 saturated heterocycles. The number of amides is 1. The summed E-state index contributed by atoms with van der Waals surface area (Å²) in [6.45, 7) is 4.82. The quantitative estimate of drug-likeness (QED) is 0.830. The van der Waals surface area contributed by atoms with Gasteiger partial charge in [-0.3, -0.25) is 4.79 Å². The number of sulfone groups is 1. The number of anilines is 1. The van der Waals surface area contributed by atoms with E-state index in [1.54, 1.807) is 6.92 Å². The molecule has 0 saturated carbocycles. The lowest BCUT2D eigenvalue weighted by Gasteiger charge is -2.01. The number of nitrogens with zero attached hydrogens (tertiary/aromatic N) is 1. The first kappa shape index (κ1) is 12.4. The van der Waals surface area contributed by atoms with Crippen molar-refractivity contribution in [1.29, 1.82) is 0 Å². The van der Waals surface area contributed by atoms with Crippen LogP contribution in [-0.2, 0) is 14.6 Å². The Hall–Kier alpha value is -1.63. The zero-order valence-electron chi connectivity index (χ0n) is 8.76. The maximum atomic E-state index is 11.3. The molecule has 0 aliphatic rings. The number of carbonyl (C=O) groups excluding carboxylic acids is 1. The van der Waals surface area contributed by atoms with Gasteiger partial charge in [-0.05, 0) is 6.92 Å². The summed E-state index contributed by atoms with van der Waals surface area (Å²) in [7, 11) is -3.34. The average molecular weight is 244 g/mol. The molecule has 1 heterocycles. The van der Waals surface area contributed by atoms with Crippen molar-refractivity contribution >= 4 is 21.4 Å². The molecule has 6 nitrogen and oxygen atoms in total. The van der Waals surface area contributed by atoms with Crippen molar-refractivity contribution in [2.24, 2.45) is 0 Å². The molecule has 1 N–H and O–H groups in total. The SMILES string of the molecule is C=CS(=O)(=O)CCC(=O)Nc1conc1C. The molecule has 1 aromatic heterocycles. The fourth-order valence-electron chi connectivity index (χ4n) is 0.943. The Labute approximate surface area is 93.2 Å². The van der Waals surface area contributed by atoms with Crippen LogP contribution in [0.2, 0.25) is 0 Å². The summed E-state index contributed by atoms with van der Waals surface area (Å²) in [6, 6.07) is 0. The molecule has 0 unspecified atom stereocenters. The average Bonchev–Trinajstić information content (AvgIpc) is 2.62. The summed E-state index contributed by atoms with van der Waals surface area (Å²) in [5.74, 6) is -0.663. The first-order chi connectivity index (χ1) is 7.44. The van der Waals surface area contributed by atoms with Crippen LogP contribution in [-0.4, -0.2) is 25.2 Å². The number of aryl methyl sites for hydroxylation is 1. The van der Waals surface area contributed by atoms with Gasteiger partial charge in [-0.2, -0.15) is 0 Å². The van der Waals surface area contributed by atoms with E-state index in [1.165, 1.54) is 6.26 Å². The first-order valence-corrected chi connectivity index (χ1v) is 6.22. The second-order valence-electron chi connectivity index (χ2n) is 3.15. The minimum Gasteiger partial charge on any atom is -0.362 e. The molecule has 7 heteroatoms. The molecule has 0 aliphatic carbocycles. The van der Waals surface area contributed by atoms with Crippen LogP contribution in [0.15, 0.2) is 22.8 Å². The summed E-state index contributed by atoms with van der Waals surface area (Å²) in [4.78, 5) is 11.3. The van der Waals surface area contributed by atoms with Crippen LogP contribution in [0.4, 0.5) is 5.69 Å². The summed E-state index contributed by atoms with van der Waals surface area (Å²) < 4.78 is 26.7. The Bertz CT molecular complexity index is 489.